The van der Waals surface area contributed by atoms with E-state index < -0.39 is 5.92 Å². The van der Waals surface area contributed by atoms with Crippen molar-refractivity contribution < 1.29 is 14.3 Å². The number of nitrogens with one attached hydrogen (secondary N) is 1. The van der Waals surface area contributed by atoms with E-state index >= 15 is 0 Å². The molecule has 2 saturated heterocycles. The Morgan fingerprint density at radius 1 is 1.15 bits per heavy atom. The van der Waals surface area contributed by atoms with Gasteiger partial charge < -0.3 is 19.9 Å². The standard InChI is InChI=1S/C26H28N4O3S/c1-18-4-7-20(8-5-18)30-24(31)15-21(25(30)22-3-2-14-34-22)26(32)28-17-19-6-9-23(27-16-19)29-10-12-33-13-11-29/h2-9,14,16,21,25H,10-13,15,17H2,1H3,(H,28,32)/t21-,25-/m1/s1. The summed E-state index contributed by atoms with van der Waals surface area (Å²) in [6.07, 6.45) is 2.00. The number of nitrogens with zero attached hydrogens (tertiary/aromatic N) is 3. The third-order valence-electron chi connectivity index (χ3n) is 6.42. The SMILES string of the molecule is Cc1ccc(N2C(=O)C[C@@H](C(=O)NCc3ccc(N4CCOCC4)nc3)[C@@H]2c2cccs2)cc1. The molecule has 176 valence electrons. The number of carbonyl (C=O) groups excluding carboxylic acids is 2. The number of pyridine rings is 1. The number of carbonyl (C=O) groups is 2. The second-order valence-corrected chi connectivity index (χ2v) is 9.69. The summed E-state index contributed by atoms with van der Waals surface area (Å²) < 4.78 is 5.40. The summed E-state index contributed by atoms with van der Waals surface area (Å²) in [6, 6.07) is 15.5. The topological polar surface area (TPSA) is 74.8 Å². The Labute approximate surface area is 203 Å². The molecule has 2 atom stereocenters. The molecule has 8 heteroatoms. The average molecular weight is 477 g/mol. The first-order valence-corrected chi connectivity index (χ1v) is 12.5. The zero-order valence-corrected chi connectivity index (χ0v) is 20.0. The van der Waals surface area contributed by atoms with Crippen LogP contribution in [0.3, 0.4) is 0 Å². The molecular formula is C26H28N4O3S. The van der Waals surface area contributed by atoms with Gasteiger partial charge in [0.1, 0.15) is 5.82 Å². The van der Waals surface area contributed by atoms with Gasteiger partial charge in [0.25, 0.3) is 0 Å². The maximum atomic E-state index is 13.3. The van der Waals surface area contributed by atoms with E-state index in [2.05, 4.69) is 15.2 Å². The zero-order valence-electron chi connectivity index (χ0n) is 19.1. The predicted molar refractivity (Wildman–Crippen MR) is 133 cm³/mol. The van der Waals surface area contributed by atoms with Gasteiger partial charge >= 0.3 is 0 Å². The summed E-state index contributed by atoms with van der Waals surface area (Å²) in [6.45, 7) is 5.49. The predicted octanol–water partition coefficient (Wildman–Crippen LogP) is 3.70. The molecule has 7 nitrogen and oxygen atoms in total. The van der Waals surface area contributed by atoms with Gasteiger partial charge in [-0.1, -0.05) is 29.8 Å². The fourth-order valence-corrected chi connectivity index (χ4v) is 5.47. The Balaban J connectivity index is 1.29. The molecule has 5 rings (SSSR count). The van der Waals surface area contributed by atoms with Gasteiger partial charge in [-0.15, -0.1) is 11.3 Å². The molecule has 0 unspecified atom stereocenters. The van der Waals surface area contributed by atoms with Crippen LogP contribution >= 0.6 is 11.3 Å². The second-order valence-electron chi connectivity index (χ2n) is 8.71. The van der Waals surface area contributed by atoms with Gasteiger partial charge in [-0.05, 0) is 42.1 Å². The van der Waals surface area contributed by atoms with Gasteiger partial charge in [-0.2, -0.15) is 0 Å². The number of hydrogen-bond acceptors (Lipinski definition) is 6. The maximum Gasteiger partial charge on any atom is 0.228 e. The summed E-state index contributed by atoms with van der Waals surface area (Å²) >= 11 is 1.58. The number of amides is 2. The minimum Gasteiger partial charge on any atom is -0.378 e. The van der Waals surface area contributed by atoms with Crippen LogP contribution in [0, 0.1) is 12.8 Å². The number of rotatable bonds is 6. The van der Waals surface area contributed by atoms with E-state index in [-0.39, 0.29) is 24.3 Å². The van der Waals surface area contributed by atoms with Gasteiger partial charge in [0.2, 0.25) is 11.8 Å². The van der Waals surface area contributed by atoms with Crippen molar-refractivity contribution in [2.45, 2.75) is 25.9 Å². The lowest BCUT2D eigenvalue weighted by Crippen LogP contribution is -2.36. The van der Waals surface area contributed by atoms with Crippen LogP contribution in [0.2, 0.25) is 0 Å². The number of aromatic nitrogens is 1. The summed E-state index contributed by atoms with van der Waals surface area (Å²) in [5.74, 6) is 0.330. The Morgan fingerprint density at radius 2 is 1.94 bits per heavy atom. The van der Waals surface area contributed by atoms with E-state index in [0.717, 1.165) is 40.6 Å². The Kier molecular flexibility index (Phi) is 6.60. The van der Waals surface area contributed by atoms with Gasteiger partial charge in [0, 0.05) is 42.8 Å². The van der Waals surface area contributed by atoms with Crippen LogP contribution in [0.25, 0.3) is 0 Å². The molecule has 1 aromatic carbocycles. The molecule has 0 aliphatic carbocycles. The van der Waals surface area contributed by atoms with Crippen LogP contribution in [-0.4, -0.2) is 43.1 Å². The van der Waals surface area contributed by atoms with E-state index in [9.17, 15) is 9.59 Å². The molecule has 0 spiro atoms. The molecule has 2 fully saturated rings. The van der Waals surface area contributed by atoms with Crippen LogP contribution in [0.15, 0.2) is 60.1 Å². The largest absolute Gasteiger partial charge is 0.378 e. The highest BCUT2D eigenvalue weighted by atomic mass is 32.1. The van der Waals surface area contributed by atoms with Gasteiger partial charge in [-0.3, -0.25) is 9.59 Å². The fraction of sp³-hybridized carbons (Fsp3) is 0.346. The molecule has 3 aromatic rings. The van der Waals surface area contributed by atoms with E-state index in [4.69, 9.17) is 4.74 Å². The molecule has 1 N–H and O–H groups in total. The molecule has 2 amide bonds. The molecule has 0 radical (unpaired) electrons. The third kappa shape index (κ3) is 4.69. The first-order chi connectivity index (χ1) is 16.6. The normalized spacial score (nSPS) is 20.6. The first-order valence-electron chi connectivity index (χ1n) is 11.6. The van der Waals surface area contributed by atoms with Gasteiger partial charge in [-0.25, -0.2) is 4.98 Å². The lowest BCUT2D eigenvalue weighted by molar-refractivity contribution is -0.126. The fourth-order valence-electron chi connectivity index (χ4n) is 4.59. The highest BCUT2D eigenvalue weighted by Crippen LogP contribution is 2.43. The van der Waals surface area contributed by atoms with Crippen molar-refractivity contribution in [1.82, 2.24) is 10.3 Å². The van der Waals surface area contributed by atoms with Crippen molar-refractivity contribution in [3.8, 4) is 0 Å². The van der Waals surface area contributed by atoms with Crippen molar-refractivity contribution in [3.63, 3.8) is 0 Å². The number of morpholine rings is 1. The quantitative estimate of drug-likeness (QED) is 0.587. The number of hydrogen-bond donors (Lipinski definition) is 1. The summed E-state index contributed by atoms with van der Waals surface area (Å²) in [5, 5.41) is 5.03. The van der Waals surface area contributed by atoms with Crippen molar-refractivity contribution in [2.24, 2.45) is 5.92 Å². The summed E-state index contributed by atoms with van der Waals surface area (Å²) in [5.41, 5.74) is 2.88. The summed E-state index contributed by atoms with van der Waals surface area (Å²) in [4.78, 5) is 35.9. The second kappa shape index (κ2) is 9.95. The Morgan fingerprint density at radius 3 is 2.62 bits per heavy atom. The highest BCUT2D eigenvalue weighted by Gasteiger charge is 2.45. The van der Waals surface area contributed by atoms with Crippen molar-refractivity contribution in [1.29, 1.82) is 0 Å². The highest BCUT2D eigenvalue weighted by molar-refractivity contribution is 7.10. The number of anilines is 2. The third-order valence-corrected chi connectivity index (χ3v) is 7.36. The van der Waals surface area contributed by atoms with Gasteiger partial charge in [0.15, 0.2) is 0 Å². The smallest absolute Gasteiger partial charge is 0.228 e. The number of benzene rings is 1. The maximum absolute atomic E-state index is 13.3. The summed E-state index contributed by atoms with van der Waals surface area (Å²) in [7, 11) is 0. The van der Waals surface area contributed by atoms with E-state index in [1.54, 1.807) is 22.4 Å². The van der Waals surface area contributed by atoms with E-state index in [1.807, 2.05) is 60.8 Å². The minimum absolute atomic E-state index is 0.0288. The lowest BCUT2D eigenvalue weighted by Gasteiger charge is -2.28. The van der Waals surface area contributed by atoms with E-state index in [1.165, 1.54) is 0 Å². The molecule has 0 saturated carbocycles. The monoisotopic (exact) mass is 476 g/mol. The van der Waals surface area contributed by atoms with E-state index in [0.29, 0.717) is 19.8 Å². The van der Waals surface area contributed by atoms with Crippen LogP contribution in [0.1, 0.15) is 28.5 Å². The first kappa shape index (κ1) is 22.6. The lowest BCUT2D eigenvalue weighted by atomic mass is 9.97. The van der Waals surface area contributed by atoms with Crippen molar-refractivity contribution in [2.75, 3.05) is 36.1 Å². The number of ether oxygens (including phenoxy) is 1. The van der Waals surface area contributed by atoms with Crippen LogP contribution < -0.4 is 15.1 Å². The average Bonchev–Trinajstić information content (AvgIpc) is 3.52. The van der Waals surface area contributed by atoms with Crippen LogP contribution in [0.4, 0.5) is 11.5 Å². The molecule has 0 bridgehead atoms. The Bertz CT molecular complexity index is 1130. The molecule has 2 aliphatic rings. The van der Waals surface area contributed by atoms with Crippen molar-refractivity contribution in [3.05, 3.63) is 76.1 Å². The number of thiophene rings is 1. The number of aryl methyl sites for hydroxylation is 1. The molecule has 2 aromatic heterocycles. The van der Waals surface area contributed by atoms with Crippen LogP contribution in [0.5, 0.6) is 0 Å². The zero-order chi connectivity index (χ0) is 23.5. The minimum atomic E-state index is -0.451. The Hall–Kier alpha value is -3.23. The van der Waals surface area contributed by atoms with Crippen molar-refractivity contribution >= 4 is 34.7 Å². The molecule has 4 heterocycles. The molecule has 2 aliphatic heterocycles. The molecular weight excluding hydrogens is 448 g/mol. The van der Waals surface area contributed by atoms with Crippen LogP contribution in [-0.2, 0) is 20.9 Å². The molecule has 34 heavy (non-hydrogen) atoms. The van der Waals surface area contributed by atoms with Gasteiger partial charge in [0.05, 0.1) is 25.2 Å².